The summed E-state index contributed by atoms with van der Waals surface area (Å²) in [6.07, 6.45) is 0. The van der Waals surface area contributed by atoms with Gasteiger partial charge in [0.1, 0.15) is 10.8 Å². The minimum absolute atomic E-state index is 0. The van der Waals surface area contributed by atoms with Crippen LogP contribution in [0, 0.1) is 0 Å². The van der Waals surface area contributed by atoms with Crippen molar-refractivity contribution in [3.8, 4) is 5.75 Å². The van der Waals surface area contributed by atoms with Gasteiger partial charge in [0.05, 0.1) is 12.8 Å². The van der Waals surface area contributed by atoms with Gasteiger partial charge in [0.15, 0.2) is 0 Å². The van der Waals surface area contributed by atoms with E-state index in [1.54, 1.807) is 25.3 Å². The molecule has 6 heteroatoms. The molecule has 0 spiro atoms. The van der Waals surface area contributed by atoms with Crippen LogP contribution in [-0.4, -0.2) is 7.11 Å². The Morgan fingerprint density at radius 1 is 1.38 bits per heavy atom. The molecule has 0 aromatic heterocycles. The van der Waals surface area contributed by atoms with E-state index in [4.69, 9.17) is 22.2 Å². The second-order valence-electron chi connectivity index (χ2n) is 1.97. The number of nitrogen functional groups attached to an aromatic ring is 1. The third-order valence-electron chi connectivity index (χ3n) is 1.34. The molecule has 76 valence electrons. The van der Waals surface area contributed by atoms with Crippen molar-refractivity contribution in [2.24, 2.45) is 5.84 Å². The van der Waals surface area contributed by atoms with E-state index >= 15 is 0 Å². The van der Waals surface area contributed by atoms with Crippen molar-refractivity contribution >= 4 is 42.1 Å². The van der Waals surface area contributed by atoms with Gasteiger partial charge in [0, 0.05) is 0 Å². The summed E-state index contributed by atoms with van der Waals surface area (Å²) in [7, 11) is 1.56. The van der Waals surface area contributed by atoms with Crippen molar-refractivity contribution in [2.45, 2.75) is 0 Å². The van der Waals surface area contributed by atoms with Crippen LogP contribution in [0.5, 0.6) is 5.75 Å². The zero-order chi connectivity index (χ0) is 8.27. The Kier molecular flexibility index (Phi) is 8.26. The Morgan fingerprint density at radius 3 is 2.46 bits per heavy atom. The van der Waals surface area contributed by atoms with E-state index in [2.05, 4.69) is 5.43 Å². The number of ether oxygens (including phenoxy) is 1. The number of nitrogens with two attached hydrogens (primary N) is 1. The zero-order valence-corrected chi connectivity index (χ0v) is 9.30. The summed E-state index contributed by atoms with van der Waals surface area (Å²) < 4.78 is 4.96. The van der Waals surface area contributed by atoms with Crippen molar-refractivity contribution in [1.29, 1.82) is 0 Å². The van der Waals surface area contributed by atoms with Gasteiger partial charge in [-0.3, -0.25) is 5.84 Å². The standard InChI is InChI=1S/C7H9ClN2O.2ClH/c1-11-6-4-2-3-5(10-9)7(6)8;;/h2-4,10H,9H2,1H3;2*1H. The molecule has 0 saturated heterocycles. The molecule has 3 nitrogen and oxygen atoms in total. The number of benzene rings is 1. The molecule has 0 bridgehead atoms. The van der Waals surface area contributed by atoms with E-state index in [1.807, 2.05) is 0 Å². The summed E-state index contributed by atoms with van der Waals surface area (Å²) in [6, 6.07) is 5.34. The molecule has 1 rings (SSSR count). The highest BCUT2D eigenvalue weighted by Crippen LogP contribution is 2.30. The maximum Gasteiger partial charge on any atom is 0.139 e. The largest absolute Gasteiger partial charge is 0.495 e. The molecule has 0 aliphatic rings. The topological polar surface area (TPSA) is 47.3 Å². The molecule has 3 N–H and O–H groups in total. The van der Waals surface area contributed by atoms with Crippen molar-refractivity contribution in [1.82, 2.24) is 0 Å². The number of anilines is 1. The van der Waals surface area contributed by atoms with Crippen LogP contribution in [0.1, 0.15) is 0 Å². The highest BCUT2D eigenvalue weighted by molar-refractivity contribution is 6.34. The molecule has 0 heterocycles. The monoisotopic (exact) mass is 244 g/mol. The maximum absolute atomic E-state index is 5.84. The number of hydrazine groups is 1. The first-order chi connectivity index (χ1) is 5.29. The fraction of sp³-hybridized carbons (Fsp3) is 0.143. The third-order valence-corrected chi connectivity index (χ3v) is 1.73. The lowest BCUT2D eigenvalue weighted by Crippen LogP contribution is -2.07. The Morgan fingerprint density at radius 2 is 2.00 bits per heavy atom. The first-order valence-electron chi connectivity index (χ1n) is 3.08. The molecule has 0 saturated carbocycles. The summed E-state index contributed by atoms with van der Waals surface area (Å²) in [5, 5.41) is 0.498. The van der Waals surface area contributed by atoms with Crippen LogP contribution in [-0.2, 0) is 0 Å². The van der Waals surface area contributed by atoms with Crippen LogP contribution in [0.3, 0.4) is 0 Å². The summed E-state index contributed by atoms with van der Waals surface area (Å²) in [5.41, 5.74) is 3.12. The molecule has 0 atom stereocenters. The molecule has 1 aromatic rings. The predicted octanol–water partition coefficient (Wildman–Crippen LogP) is 2.48. The molecule has 0 fully saturated rings. The smallest absolute Gasteiger partial charge is 0.139 e. The first-order valence-corrected chi connectivity index (χ1v) is 3.46. The molecule has 0 radical (unpaired) electrons. The van der Waals surface area contributed by atoms with Crippen LogP contribution in [0.25, 0.3) is 0 Å². The van der Waals surface area contributed by atoms with E-state index in [1.165, 1.54) is 0 Å². The second-order valence-corrected chi connectivity index (χ2v) is 2.34. The van der Waals surface area contributed by atoms with Crippen LogP contribution >= 0.6 is 36.4 Å². The normalized spacial score (nSPS) is 7.92. The number of hydrogen-bond acceptors (Lipinski definition) is 3. The van der Waals surface area contributed by atoms with Gasteiger partial charge in [0.25, 0.3) is 0 Å². The average molecular weight is 246 g/mol. The predicted molar refractivity (Wildman–Crippen MR) is 60.3 cm³/mol. The van der Waals surface area contributed by atoms with Crippen molar-refractivity contribution in [3.05, 3.63) is 23.2 Å². The number of methoxy groups -OCH3 is 1. The summed E-state index contributed by atoms with van der Waals surface area (Å²) in [6.45, 7) is 0. The lowest BCUT2D eigenvalue weighted by atomic mass is 10.3. The van der Waals surface area contributed by atoms with Gasteiger partial charge >= 0.3 is 0 Å². The summed E-state index contributed by atoms with van der Waals surface area (Å²) >= 11 is 5.84. The fourth-order valence-electron chi connectivity index (χ4n) is 0.780. The maximum atomic E-state index is 5.84. The van der Waals surface area contributed by atoms with Gasteiger partial charge in [-0.15, -0.1) is 24.8 Å². The SMILES string of the molecule is COc1cccc(NN)c1Cl.Cl.Cl. The quantitative estimate of drug-likeness (QED) is 0.622. The lowest BCUT2D eigenvalue weighted by molar-refractivity contribution is 0.415. The van der Waals surface area contributed by atoms with Gasteiger partial charge < -0.3 is 10.2 Å². The molecule has 0 aliphatic carbocycles. The minimum atomic E-state index is 0. The highest BCUT2D eigenvalue weighted by atomic mass is 35.5. The van der Waals surface area contributed by atoms with E-state index < -0.39 is 0 Å². The molecular weight excluding hydrogens is 234 g/mol. The molecule has 1 aromatic carbocycles. The van der Waals surface area contributed by atoms with Crippen molar-refractivity contribution in [2.75, 3.05) is 12.5 Å². The Labute approximate surface area is 94.4 Å². The Bertz CT molecular complexity index is 235. The minimum Gasteiger partial charge on any atom is -0.495 e. The highest BCUT2D eigenvalue weighted by Gasteiger charge is 2.03. The first kappa shape index (κ1) is 15.1. The molecule has 13 heavy (non-hydrogen) atoms. The molecule has 0 aliphatic heterocycles. The third kappa shape index (κ3) is 3.48. The van der Waals surface area contributed by atoms with E-state index in [0.717, 1.165) is 0 Å². The fourth-order valence-corrected chi connectivity index (χ4v) is 1.04. The van der Waals surface area contributed by atoms with Crippen LogP contribution in [0.4, 0.5) is 5.69 Å². The van der Waals surface area contributed by atoms with Gasteiger partial charge in [-0.1, -0.05) is 17.7 Å². The van der Waals surface area contributed by atoms with Gasteiger partial charge in [-0.25, -0.2) is 0 Å². The van der Waals surface area contributed by atoms with Crippen LogP contribution in [0.2, 0.25) is 5.02 Å². The Hall–Kier alpha value is -0.350. The number of nitrogens with one attached hydrogen (secondary N) is 1. The zero-order valence-electron chi connectivity index (χ0n) is 6.91. The number of rotatable bonds is 2. The van der Waals surface area contributed by atoms with Crippen molar-refractivity contribution in [3.63, 3.8) is 0 Å². The molecule has 0 unspecified atom stereocenters. The van der Waals surface area contributed by atoms with Crippen LogP contribution < -0.4 is 16.0 Å². The van der Waals surface area contributed by atoms with Gasteiger partial charge in [0.2, 0.25) is 0 Å². The van der Waals surface area contributed by atoms with Crippen molar-refractivity contribution < 1.29 is 4.74 Å². The Balaban J connectivity index is 0. The second kappa shape index (κ2) is 7.09. The van der Waals surface area contributed by atoms with E-state index in [0.29, 0.717) is 16.5 Å². The summed E-state index contributed by atoms with van der Waals surface area (Å²) in [4.78, 5) is 0. The van der Waals surface area contributed by atoms with E-state index in [-0.39, 0.29) is 24.8 Å². The van der Waals surface area contributed by atoms with Gasteiger partial charge in [-0.2, -0.15) is 0 Å². The van der Waals surface area contributed by atoms with E-state index in [9.17, 15) is 0 Å². The number of hydrogen-bond donors (Lipinski definition) is 2. The molecular formula is C7H11Cl3N2O. The molecule has 0 amide bonds. The van der Waals surface area contributed by atoms with Gasteiger partial charge in [-0.05, 0) is 12.1 Å². The average Bonchev–Trinajstić information content (AvgIpc) is 2.05. The van der Waals surface area contributed by atoms with Crippen LogP contribution in [0.15, 0.2) is 18.2 Å². The summed E-state index contributed by atoms with van der Waals surface area (Å²) in [5.74, 6) is 5.80. The lowest BCUT2D eigenvalue weighted by Gasteiger charge is -2.06. The number of halogens is 3.